The van der Waals surface area contributed by atoms with Gasteiger partial charge >= 0.3 is 5.97 Å². The minimum Gasteiger partial charge on any atom is -0.481 e. The third-order valence-electron chi connectivity index (χ3n) is 6.04. The number of hydrogen-bond donors (Lipinski definition) is 1. The number of carboxylic acids is 1. The highest BCUT2D eigenvalue weighted by Crippen LogP contribution is 2.42. The maximum atomic E-state index is 10.5. The SMILES string of the molecule is CCCC[C@H]1CC[C@H]([C@H]2CC[C@H](C=CCC(=O)O)CC2)CC1. The van der Waals surface area contributed by atoms with Crippen molar-refractivity contribution in [1.29, 1.82) is 0 Å². The Morgan fingerprint density at radius 3 is 2.14 bits per heavy atom. The van der Waals surface area contributed by atoms with Crippen LogP contribution in [0.15, 0.2) is 12.2 Å². The van der Waals surface area contributed by atoms with E-state index in [1.165, 1.54) is 70.6 Å². The van der Waals surface area contributed by atoms with Gasteiger partial charge in [0.1, 0.15) is 0 Å². The van der Waals surface area contributed by atoms with Gasteiger partial charge in [0.05, 0.1) is 6.42 Å². The highest BCUT2D eigenvalue weighted by molar-refractivity contribution is 5.68. The molecule has 0 atom stereocenters. The molecule has 2 saturated carbocycles. The number of unbranched alkanes of at least 4 members (excludes halogenated alkanes) is 1. The summed E-state index contributed by atoms with van der Waals surface area (Å²) >= 11 is 0. The molecule has 2 heteroatoms. The molecule has 2 fully saturated rings. The second-order valence-corrected chi connectivity index (χ2v) is 7.62. The lowest BCUT2D eigenvalue weighted by Gasteiger charge is -2.37. The van der Waals surface area contributed by atoms with Crippen LogP contribution in [0.1, 0.15) is 84.0 Å². The summed E-state index contributed by atoms with van der Waals surface area (Å²) < 4.78 is 0. The minimum atomic E-state index is -0.718. The number of rotatable bonds is 7. The smallest absolute Gasteiger partial charge is 0.307 e. The first-order valence-electron chi connectivity index (χ1n) is 9.57. The summed E-state index contributed by atoms with van der Waals surface area (Å²) in [7, 11) is 0. The predicted octanol–water partition coefficient (Wildman–Crippen LogP) is 5.82. The van der Waals surface area contributed by atoms with Crippen LogP contribution < -0.4 is 0 Å². The molecule has 2 aliphatic carbocycles. The maximum Gasteiger partial charge on any atom is 0.307 e. The van der Waals surface area contributed by atoms with Crippen molar-refractivity contribution < 1.29 is 9.90 Å². The third kappa shape index (κ3) is 5.78. The van der Waals surface area contributed by atoms with E-state index in [4.69, 9.17) is 5.11 Å². The average molecular weight is 306 g/mol. The average Bonchev–Trinajstić information content (AvgIpc) is 2.54. The summed E-state index contributed by atoms with van der Waals surface area (Å²) in [4.78, 5) is 10.5. The van der Waals surface area contributed by atoms with E-state index in [1.807, 2.05) is 6.08 Å². The van der Waals surface area contributed by atoms with E-state index in [0.717, 1.165) is 17.8 Å². The third-order valence-corrected chi connectivity index (χ3v) is 6.04. The predicted molar refractivity (Wildman–Crippen MR) is 91.8 cm³/mol. The van der Waals surface area contributed by atoms with Crippen molar-refractivity contribution in [2.24, 2.45) is 23.7 Å². The molecule has 0 saturated heterocycles. The molecular weight excluding hydrogens is 272 g/mol. The molecule has 2 aliphatic rings. The maximum absolute atomic E-state index is 10.5. The fourth-order valence-electron chi connectivity index (χ4n) is 4.61. The standard InChI is InChI=1S/C20H34O2/c1-2-3-5-16-8-12-18(13-9-16)19-14-10-17(11-15-19)6-4-7-20(21)22/h4,6,16-19H,2-3,5,7-15H2,1H3,(H,21,22)/t16-,17-,18-,19-. The van der Waals surface area contributed by atoms with Crippen LogP contribution in [-0.4, -0.2) is 11.1 Å². The molecule has 0 bridgehead atoms. The van der Waals surface area contributed by atoms with Crippen LogP contribution in [0.2, 0.25) is 0 Å². The lowest BCUT2D eigenvalue weighted by atomic mass is 9.68. The zero-order chi connectivity index (χ0) is 15.8. The highest BCUT2D eigenvalue weighted by Gasteiger charge is 2.30. The van der Waals surface area contributed by atoms with E-state index in [1.54, 1.807) is 0 Å². The molecule has 0 amide bonds. The van der Waals surface area contributed by atoms with Crippen molar-refractivity contribution in [2.75, 3.05) is 0 Å². The molecule has 0 spiro atoms. The molecule has 0 aliphatic heterocycles. The van der Waals surface area contributed by atoms with Crippen LogP contribution in [0.4, 0.5) is 0 Å². The molecule has 2 nitrogen and oxygen atoms in total. The Morgan fingerprint density at radius 2 is 1.59 bits per heavy atom. The van der Waals surface area contributed by atoms with Gasteiger partial charge in [-0.05, 0) is 62.2 Å². The van der Waals surface area contributed by atoms with Gasteiger partial charge in [0.25, 0.3) is 0 Å². The zero-order valence-corrected chi connectivity index (χ0v) is 14.3. The molecule has 0 heterocycles. The summed E-state index contributed by atoms with van der Waals surface area (Å²) in [6, 6.07) is 0. The lowest BCUT2D eigenvalue weighted by molar-refractivity contribution is -0.136. The molecule has 0 aromatic carbocycles. The first-order valence-corrected chi connectivity index (χ1v) is 9.57. The van der Waals surface area contributed by atoms with Crippen molar-refractivity contribution in [3.8, 4) is 0 Å². The van der Waals surface area contributed by atoms with Gasteiger partial charge in [-0.2, -0.15) is 0 Å². The fourth-order valence-corrected chi connectivity index (χ4v) is 4.61. The number of allylic oxidation sites excluding steroid dienone is 1. The summed E-state index contributed by atoms with van der Waals surface area (Å²) in [6.45, 7) is 2.30. The van der Waals surface area contributed by atoms with Crippen molar-refractivity contribution in [2.45, 2.75) is 84.0 Å². The molecule has 1 N–H and O–H groups in total. The van der Waals surface area contributed by atoms with Crippen molar-refractivity contribution in [3.05, 3.63) is 12.2 Å². The van der Waals surface area contributed by atoms with Crippen molar-refractivity contribution >= 4 is 5.97 Å². The summed E-state index contributed by atoms with van der Waals surface area (Å²) in [5.41, 5.74) is 0. The van der Waals surface area contributed by atoms with Gasteiger partial charge < -0.3 is 5.11 Å². The largest absolute Gasteiger partial charge is 0.481 e. The molecule has 22 heavy (non-hydrogen) atoms. The van der Waals surface area contributed by atoms with E-state index in [-0.39, 0.29) is 6.42 Å². The quantitative estimate of drug-likeness (QED) is 0.602. The molecular formula is C20H34O2. The van der Waals surface area contributed by atoms with Crippen LogP contribution >= 0.6 is 0 Å². The van der Waals surface area contributed by atoms with Gasteiger partial charge in [-0.25, -0.2) is 0 Å². The Hall–Kier alpha value is -0.790. The van der Waals surface area contributed by atoms with Crippen molar-refractivity contribution in [1.82, 2.24) is 0 Å². The molecule has 0 aromatic rings. The van der Waals surface area contributed by atoms with Gasteiger partial charge in [-0.3, -0.25) is 4.79 Å². The summed E-state index contributed by atoms with van der Waals surface area (Å²) in [6.07, 6.45) is 19.6. The Labute approximate surface area is 136 Å². The van der Waals surface area contributed by atoms with Crippen molar-refractivity contribution in [3.63, 3.8) is 0 Å². The zero-order valence-electron chi connectivity index (χ0n) is 14.3. The minimum absolute atomic E-state index is 0.182. The van der Waals surface area contributed by atoms with Gasteiger partial charge in [0, 0.05) is 0 Å². The second-order valence-electron chi connectivity index (χ2n) is 7.62. The van der Waals surface area contributed by atoms with Gasteiger partial charge in [-0.1, -0.05) is 51.2 Å². The highest BCUT2D eigenvalue weighted by atomic mass is 16.4. The Kier molecular flexibility index (Phi) is 7.48. The molecule has 0 radical (unpaired) electrons. The van der Waals surface area contributed by atoms with E-state index < -0.39 is 5.97 Å². The van der Waals surface area contributed by atoms with Crippen LogP contribution in [-0.2, 0) is 4.79 Å². The van der Waals surface area contributed by atoms with Crippen LogP contribution in [0.3, 0.4) is 0 Å². The fraction of sp³-hybridized carbons (Fsp3) is 0.850. The monoisotopic (exact) mass is 306 g/mol. The first kappa shape index (κ1) is 17.6. The Morgan fingerprint density at radius 1 is 1.00 bits per heavy atom. The summed E-state index contributed by atoms with van der Waals surface area (Å²) in [5, 5.41) is 8.68. The van der Waals surface area contributed by atoms with Crippen LogP contribution in [0, 0.1) is 23.7 Å². The number of hydrogen-bond acceptors (Lipinski definition) is 1. The van der Waals surface area contributed by atoms with E-state index in [9.17, 15) is 4.79 Å². The molecule has 0 unspecified atom stereocenters. The van der Waals surface area contributed by atoms with E-state index in [0.29, 0.717) is 5.92 Å². The van der Waals surface area contributed by atoms with Gasteiger partial charge in [0.15, 0.2) is 0 Å². The molecule has 2 rings (SSSR count). The van der Waals surface area contributed by atoms with Gasteiger partial charge in [-0.15, -0.1) is 0 Å². The van der Waals surface area contributed by atoms with Crippen LogP contribution in [0.5, 0.6) is 0 Å². The second kappa shape index (κ2) is 9.37. The van der Waals surface area contributed by atoms with E-state index >= 15 is 0 Å². The normalized spacial score (nSPS) is 33.1. The van der Waals surface area contributed by atoms with Crippen LogP contribution in [0.25, 0.3) is 0 Å². The number of carbonyl (C=O) groups is 1. The topological polar surface area (TPSA) is 37.3 Å². The Balaban J connectivity index is 1.65. The number of carboxylic acid groups (broad SMARTS) is 1. The molecule has 126 valence electrons. The lowest BCUT2D eigenvalue weighted by Crippen LogP contribution is -2.25. The molecule has 0 aromatic heterocycles. The summed E-state index contributed by atoms with van der Waals surface area (Å²) in [5.74, 6) is 2.88. The van der Waals surface area contributed by atoms with Gasteiger partial charge in [0.2, 0.25) is 0 Å². The number of aliphatic carboxylic acids is 1. The Bertz CT molecular complexity index is 345. The van der Waals surface area contributed by atoms with E-state index in [2.05, 4.69) is 13.0 Å². The first-order chi connectivity index (χ1) is 10.7.